The summed E-state index contributed by atoms with van der Waals surface area (Å²) in [4.78, 5) is 14.5. The topological polar surface area (TPSA) is 41.6 Å². The van der Waals surface area contributed by atoms with Crippen molar-refractivity contribution in [2.45, 2.75) is 51.2 Å². The standard InChI is InChI=1S/C20H29ClN2O2/c21-18-4-1-3-17(13-18)15-23-10-8-16(9-11-23)6-7-20(24)22-14-19-5-2-12-25-19/h1,3-4,13,16,19H,2,5-12,14-15H2,(H,22,24)/t19-/m0/s1. The smallest absolute Gasteiger partial charge is 0.220 e. The predicted molar refractivity (Wildman–Crippen MR) is 101 cm³/mol. The Morgan fingerprint density at radius 3 is 2.84 bits per heavy atom. The van der Waals surface area contributed by atoms with Gasteiger partial charge in [0.2, 0.25) is 5.91 Å². The van der Waals surface area contributed by atoms with Crippen LogP contribution in [-0.4, -0.2) is 43.2 Å². The average Bonchev–Trinajstić information content (AvgIpc) is 3.13. The number of carbonyl (C=O) groups is 1. The van der Waals surface area contributed by atoms with Crippen LogP contribution in [0.25, 0.3) is 0 Å². The minimum Gasteiger partial charge on any atom is -0.376 e. The van der Waals surface area contributed by atoms with Gasteiger partial charge in [0, 0.05) is 31.1 Å². The lowest BCUT2D eigenvalue weighted by Crippen LogP contribution is -2.34. The summed E-state index contributed by atoms with van der Waals surface area (Å²) in [5, 5.41) is 3.83. The Kier molecular flexibility index (Phi) is 7.14. The van der Waals surface area contributed by atoms with Crippen LogP contribution in [0.4, 0.5) is 0 Å². The summed E-state index contributed by atoms with van der Waals surface area (Å²) < 4.78 is 5.54. The molecule has 0 radical (unpaired) electrons. The van der Waals surface area contributed by atoms with Crippen molar-refractivity contribution in [3.8, 4) is 0 Å². The van der Waals surface area contributed by atoms with E-state index in [0.29, 0.717) is 18.9 Å². The number of hydrogen-bond donors (Lipinski definition) is 1. The molecule has 4 nitrogen and oxygen atoms in total. The molecule has 2 saturated heterocycles. The number of carbonyl (C=O) groups excluding carboxylic acids is 1. The van der Waals surface area contributed by atoms with E-state index in [-0.39, 0.29) is 12.0 Å². The Morgan fingerprint density at radius 2 is 2.12 bits per heavy atom. The first-order valence-corrected chi connectivity index (χ1v) is 9.92. The normalized spacial score (nSPS) is 22.2. The van der Waals surface area contributed by atoms with Gasteiger partial charge in [0.25, 0.3) is 0 Å². The van der Waals surface area contributed by atoms with E-state index in [1.54, 1.807) is 0 Å². The minimum absolute atomic E-state index is 0.178. The predicted octanol–water partition coefficient (Wildman–Crippen LogP) is 3.63. The molecule has 2 aliphatic rings. The fourth-order valence-corrected chi connectivity index (χ4v) is 4.00. The van der Waals surface area contributed by atoms with E-state index in [4.69, 9.17) is 16.3 Å². The second-order valence-electron chi connectivity index (χ2n) is 7.33. The molecule has 0 spiro atoms. The fourth-order valence-electron chi connectivity index (χ4n) is 3.78. The molecule has 1 aromatic rings. The molecule has 0 bridgehead atoms. The Balaban J connectivity index is 1.30. The van der Waals surface area contributed by atoms with Gasteiger partial charge in [0.05, 0.1) is 6.10 Å². The molecule has 2 aliphatic heterocycles. The highest BCUT2D eigenvalue weighted by Crippen LogP contribution is 2.23. The van der Waals surface area contributed by atoms with Gasteiger partial charge >= 0.3 is 0 Å². The van der Waals surface area contributed by atoms with Crippen molar-refractivity contribution in [3.05, 3.63) is 34.9 Å². The molecule has 1 atom stereocenters. The second kappa shape index (κ2) is 9.56. The Bertz CT molecular complexity index is 552. The van der Waals surface area contributed by atoms with Crippen molar-refractivity contribution >= 4 is 17.5 Å². The number of rotatable bonds is 7. The molecule has 2 heterocycles. The third kappa shape index (κ3) is 6.28. The van der Waals surface area contributed by atoms with Gasteiger partial charge in [0.15, 0.2) is 0 Å². The highest BCUT2D eigenvalue weighted by molar-refractivity contribution is 6.30. The van der Waals surface area contributed by atoms with Crippen LogP contribution in [0.2, 0.25) is 5.02 Å². The van der Waals surface area contributed by atoms with Gasteiger partial charge in [-0.1, -0.05) is 23.7 Å². The maximum absolute atomic E-state index is 12.0. The van der Waals surface area contributed by atoms with E-state index in [2.05, 4.69) is 16.3 Å². The van der Waals surface area contributed by atoms with Crippen LogP contribution in [0.15, 0.2) is 24.3 Å². The lowest BCUT2D eigenvalue weighted by Gasteiger charge is -2.32. The van der Waals surface area contributed by atoms with Gasteiger partial charge in [-0.2, -0.15) is 0 Å². The monoisotopic (exact) mass is 364 g/mol. The molecule has 0 unspecified atom stereocenters. The zero-order chi connectivity index (χ0) is 17.5. The first-order valence-electron chi connectivity index (χ1n) is 9.54. The van der Waals surface area contributed by atoms with Crippen molar-refractivity contribution < 1.29 is 9.53 Å². The van der Waals surface area contributed by atoms with Gasteiger partial charge in [-0.3, -0.25) is 9.69 Å². The number of amides is 1. The van der Waals surface area contributed by atoms with Crippen LogP contribution < -0.4 is 5.32 Å². The van der Waals surface area contributed by atoms with E-state index < -0.39 is 0 Å². The van der Waals surface area contributed by atoms with Gasteiger partial charge in [0.1, 0.15) is 0 Å². The number of halogens is 1. The highest BCUT2D eigenvalue weighted by atomic mass is 35.5. The molecule has 25 heavy (non-hydrogen) atoms. The molecular formula is C20H29ClN2O2. The molecule has 0 aromatic heterocycles. The van der Waals surface area contributed by atoms with E-state index in [1.807, 2.05) is 18.2 Å². The third-order valence-electron chi connectivity index (χ3n) is 5.33. The minimum atomic E-state index is 0.178. The Labute approximate surface area is 155 Å². The quantitative estimate of drug-likeness (QED) is 0.803. The third-order valence-corrected chi connectivity index (χ3v) is 5.57. The summed E-state index contributed by atoms with van der Waals surface area (Å²) in [6.45, 7) is 4.70. The number of nitrogens with zero attached hydrogens (tertiary/aromatic N) is 1. The number of benzene rings is 1. The number of hydrogen-bond acceptors (Lipinski definition) is 3. The first kappa shape index (κ1) is 18.7. The van der Waals surface area contributed by atoms with Gasteiger partial charge in [-0.25, -0.2) is 0 Å². The van der Waals surface area contributed by atoms with Crippen LogP contribution >= 0.6 is 11.6 Å². The van der Waals surface area contributed by atoms with E-state index in [1.165, 1.54) is 18.4 Å². The molecule has 2 fully saturated rings. The van der Waals surface area contributed by atoms with Crippen molar-refractivity contribution in [2.75, 3.05) is 26.2 Å². The number of likely N-dealkylation sites (tertiary alicyclic amines) is 1. The van der Waals surface area contributed by atoms with Crippen LogP contribution in [0.1, 0.15) is 44.1 Å². The van der Waals surface area contributed by atoms with Gasteiger partial charge < -0.3 is 10.1 Å². The van der Waals surface area contributed by atoms with E-state index in [0.717, 1.165) is 50.5 Å². The van der Waals surface area contributed by atoms with Crippen LogP contribution in [0.5, 0.6) is 0 Å². The summed E-state index contributed by atoms with van der Waals surface area (Å²) in [5.41, 5.74) is 1.28. The molecule has 1 N–H and O–H groups in total. The highest BCUT2D eigenvalue weighted by Gasteiger charge is 2.21. The first-order chi connectivity index (χ1) is 12.2. The Morgan fingerprint density at radius 1 is 1.28 bits per heavy atom. The molecule has 1 amide bonds. The molecular weight excluding hydrogens is 336 g/mol. The molecule has 0 saturated carbocycles. The maximum atomic E-state index is 12.0. The summed E-state index contributed by atoms with van der Waals surface area (Å²) >= 11 is 6.06. The van der Waals surface area contributed by atoms with E-state index in [9.17, 15) is 4.79 Å². The van der Waals surface area contributed by atoms with Crippen LogP contribution in [0, 0.1) is 5.92 Å². The summed E-state index contributed by atoms with van der Waals surface area (Å²) in [6, 6.07) is 8.11. The van der Waals surface area contributed by atoms with Crippen LogP contribution in [-0.2, 0) is 16.1 Å². The van der Waals surface area contributed by atoms with Crippen molar-refractivity contribution in [1.82, 2.24) is 10.2 Å². The molecule has 5 heteroatoms. The van der Waals surface area contributed by atoms with Gasteiger partial charge in [-0.15, -0.1) is 0 Å². The SMILES string of the molecule is O=C(CCC1CCN(Cc2cccc(Cl)c2)CC1)NC[C@@H]1CCCO1. The number of ether oxygens (including phenoxy) is 1. The molecule has 3 rings (SSSR count). The lowest BCUT2D eigenvalue weighted by molar-refractivity contribution is -0.122. The fraction of sp³-hybridized carbons (Fsp3) is 0.650. The summed E-state index contributed by atoms with van der Waals surface area (Å²) in [5.74, 6) is 0.848. The summed E-state index contributed by atoms with van der Waals surface area (Å²) in [7, 11) is 0. The Hall–Kier alpha value is -1.10. The van der Waals surface area contributed by atoms with E-state index >= 15 is 0 Å². The summed E-state index contributed by atoms with van der Waals surface area (Å²) in [6.07, 6.45) is 6.44. The van der Waals surface area contributed by atoms with Gasteiger partial charge in [-0.05, 0) is 68.8 Å². The lowest BCUT2D eigenvalue weighted by atomic mass is 9.92. The van der Waals surface area contributed by atoms with Crippen molar-refractivity contribution in [3.63, 3.8) is 0 Å². The largest absolute Gasteiger partial charge is 0.376 e. The molecule has 138 valence electrons. The maximum Gasteiger partial charge on any atom is 0.220 e. The second-order valence-corrected chi connectivity index (χ2v) is 7.76. The van der Waals surface area contributed by atoms with Crippen molar-refractivity contribution in [1.29, 1.82) is 0 Å². The zero-order valence-corrected chi connectivity index (χ0v) is 15.6. The van der Waals surface area contributed by atoms with Crippen LogP contribution in [0.3, 0.4) is 0 Å². The molecule has 1 aromatic carbocycles. The average molecular weight is 365 g/mol. The number of piperidine rings is 1. The molecule has 0 aliphatic carbocycles. The zero-order valence-electron chi connectivity index (χ0n) is 14.9. The van der Waals surface area contributed by atoms with Crippen molar-refractivity contribution in [2.24, 2.45) is 5.92 Å². The number of nitrogens with one attached hydrogen (secondary N) is 1.